The Hall–Kier alpha value is -4.60. The van der Waals surface area contributed by atoms with Gasteiger partial charge in [-0.25, -0.2) is 4.79 Å². The highest BCUT2D eigenvalue weighted by molar-refractivity contribution is 5.97. The van der Waals surface area contributed by atoms with E-state index in [0.717, 1.165) is 11.4 Å². The minimum Gasteiger partial charge on any atom is -0.495 e. The Kier molecular flexibility index (Phi) is 8.14. The predicted octanol–water partition coefficient (Wildman–Crippen LogP) is 3.12. The first-order chi connectivity index (χ1) is 19.5. The minimum atomic E-state index is -0.823. The van der Waals surface area contributed by atoms with E-state index in [1.807, 2.05) is 60.7 Å². The second kappa shape index (κ2) is 12.1. The van der Waals surface area contributed by atoms with Gasteiger partial charge in [-0.2, -0.15) is 0 Å². The minimum absolute atomic E-state index is 0.0237. The zero-order chi connectivity index (χ0) is 28.0. The molecule has 2 aliphatic rings. The second-order valence-electron chi connectivity index (χ2n) is 9.98. The molecule has 0 saturated carbocycles. The van der Waals surface area contributed by atoms with E-state index in [1.54, 1.807) is 35.2 Å². The zero-order valence-corrected chi connectivity index (χ0v) is 22.6. The van der Waals surface area contributed by atoms with Crippen LogP contribution in [0.5, 0.6) is 5.75 Å². The van der Waals surface area contributed by atoms with Crippen LogP contribution in [-0.4, -0.2) is 78.1 Å². The van der Waals surface area contributed by atoms with Gasteiger partial charge in [0.25, 0.3) is 5.91 Å². The van der Waals surface area contributed by atoms with Crippen molar-refractivity contribution in [3.8, 4) is 5.75 Å². The average molecular weight is 543 g/mol. The van der Waals surface area contributed by atoms with Crippen LogP contribution >= 0.6 is 0 Å². The number of anilines is 2. The van der Waals surface area contributed by atoms with Gasteiger partial charge in [-0.1, -0.05) is 36.4 Å². The van der Waals surface area contributed by atoms with Crippen molar-refractivity contribution in [2.45, 2.75) is 24.8 Å². The van der Waals surface area contributed by atoms with E-state index in [1.165, 1.54) is 0 Å². The Morgan fingerprint density at radius 3 is 2.42 bits per heavy atom. The van der Waals surface area contributed by atoms with Gasteiger partial charge in [0.2, 0.25) is 5.91 Å². The lowest BCUT2D eigenvalue weighted by molar-refractivity contribution is -0.137. The Balaban J connectivity index is 1.25. The molecule has 2 saturated heterocycles. The summed E-state index contributed by atoms with van der Waals surface area (Å²) in [6.45, 7) is 1.54. The maximum atomic E-state index is 13.9. The monoisotopic (exact) mass is 542 g/mol. The quantitative estimate of drug-likeness (QED) is 0.453. The topological polar surface area (TPSA) is 107 Å². The molecule has 0 radical (unpaired) electrons. The normalized spacial score (nSPS) is 16.2. The number of amides is 4. The van der Waals surface area contributed by atoms with Crippen molar-refractivity contribution >= 4 is 29.2 Å². The molecule has 5 rings (SSSR count). The second-order valence-corrected chi connectivity index (χ2v) is 9.98. The van der Waals surface area contributed by atoms with Crippen LogP contribution in [0.1, 0.15) is 18.5 Å². The lowest BCUT2D eigenvalue weighted by Crippen LogP contribution is -2.58. The number of likely N-dealkylation sites (tertiary alicyclic amines) is 1. The Morgan fingerprint density at radius 1 is 0.975 bits per heavy atom. The van der Waals surface area contributed by atoms with E-state index in [-0.39, 0.29) is 24.4 Å². The Bertz CT molecular complexity index is 1330. The van der Waals surface area contributed by atoms with Gasteiger partial charge >= 0.3 is 6.03 Å². The third-order valence-corrected chi connectivity index (χ3v) is 7.57. The summed E-state index contributed by atoms with van der Waals surface area (Å²) >= 11 is 0. The van der Waals surface area contributed by atoms with Crippen LogP contribution in [0.2, 0.25) is 0 Å². The molecule has 3 heterocycles. The standard InChI is InChI=1S/C30H34N6O4/c1-40-26-13-6-5-12-25(26)33-29(39)34-19-15-30(16-20-34)28(38)35(22-36(30)24-10-3-2-4-11-24)21-27(37)32-18-14-23-9-7-8-17-31-23/h2-13,17H,14-16,18-22H2,1H3,(H,32,37)(H,33,39). The number of methoxy groups -OCH3 is 1. The van der Waals surface area contributed by atoms with E-state index >= 15 is 0 Å². The first-order valence-electron chi connectivity index (χ1n) is 13.5. The van der Waals surface area contributed by atoms with E-state index in [0.29, 0.717) is 57.0 Å². The lowest BCUT2D eigenvalue weighted by atomic mass is 9.85. The molecule has 208 valence electrons. The largest absolute Gasteiger partial charge is 0.495 e. The van der Waals surface area contributed by atoms with Crippen molar-refractivity contribution in [1.29, 1.82) is 0 Å². The lowest BCUT2D eigenvalue weighted by Gasteiger charge is -2.43. The van der Waals surface area contributed by atoms with Gasteiger partial charge in [0.1, 0.15) is 17.8 Å². The summed E-state index contributed by atoms with van der Waals surface area (Å²) in [4.78, 5) is 49.5. The first kappa shape index (κ1) is 27.0. The molecule has 2 aromatic carbocycles. The van der Waals surface area contributed by atoms with Gasteiger partial charge in [0.05, 0.1) is 19.5 Å². The fraction of sp³-hybridized carbons (Fsp3) is 0.333. The van der Waals surface area contributed by atoms with Gasteiger partial charge in [0.15, 0.2) is 0 Å². The summed E-state index contributed by atoms with van der Waals surface area (Å²) in [5.41, 5.74) is 1.59. The fourth-order valence-electron chi connectivity index (χ4n) is 5.45. The molecule has 0 bridgehead atoms. The van der Waals surface area contributed by atoms with Crippen LogP contribution in [0.4, 0.5) is 16.2 Å². The van der Waals surface area contributed by atoms with Crippen molar-refractivity contribution in [2.75, 3.05) is 50.2 Å². The number of pyridine rings is 1. The number of piperidine rings is 1. The number of para-hydroxylation sites is 3. The number of carbonyl (C=O) groups excluding carboxylic acids is 3. The van der Waals surface area contributed by atoms with Gasteiger partial charge in [-0.15, -0.1) is 0 Å². The molecule has 1 spiro atoms. The number of urea groups is 1. The van der Waals surface area contributed by atoms with E-state index in [9.17, 15) is 14.4 Å². The maximum absolute atomic E-state index is 13.9. The zero-order valence-electron chi connectivity index (χ0n) is 22.6. The van der Waals surface area contributed by atoms with Crippen molar-refractivity contribution in [3.05, 3.63) is 84.7 Å². The molecule has 0 unspecified atom stereocenters. The third kappa shape index (κ3) is 5.70. The first-order valence-corrected chi connectivity index (χ1v) is 13.5. The Morgan fingerprint density at radius 2 is 1.70 bits per heavy atom. The summed E-state index contributed by atoms with van der Waals surface area (Å²) in [5, 5.41) is 5.84. The number of nitrogens with one attached hydrogen (secondary N) is 2. The van der Waals surface area contributed by atoms with Gasteiger partial charge in [-0.3, -0.25) is 14.6 Å². The molecule has 10 heteroatoms. The predicted molar refractivity (Wildman–Crippen MR) is 152 cm³/mol. The third-order valence-electron chi connectivity index (χ3n) is 7.57. The van der Waals surface area contributed by atoms with Gasteiger partial charge < -0.3 is 30.1 Å². The number of carbonyl (C=O) groups is 3. The van der Waals surface area contributed by atoms with Crippen molar-refractivity contribution in [2.24, 2.45) is 0 Å². The highest BCUT2D eigenvalue weighted by atomic mass is 16.5. The van der Waals surface area contributed by atoms with Gasteiger partial charge in [0, 0.05) is 43.6 Å². The van der Waals surface area contributed by atoms with Gasteiger partial charge in [-0.05, 0) is 49.2 Å². The summed E-state index contributed by atoms with van der Waals surface area (Å²) in [7, 11) is 1.56. The molecule has 40 heavy (non-hydrogen) atoms. The SMILES string of the molecule is COc1ccccc1NC(=O)N1CCC2(CC1)C(=O)N(CC(=O)NCCc1ccccn1)CN2c1ccccc1. The van der Waals surface area contributed by atoms with Crippen LogP contribution in [0.3, 0.4) is 0 Å². The average Bonchev–Trinajstić information content (AvgIpc) is 3.24. The number of benzene rings is 2. The van der Waals surface area contributed by atoms with Crippen molar-refractivity contribution in [1.82, 2.24) is 20.1 Å². The molecular formula is C30H34N6O4. The highest BCUT2D eigenvalue weighted by Gasteiger charge is 2.54. The highest BCUT2D eigenvalue weighted by Crippen LogP contribution is 2.39. The Labute approximate surface area is 233 Å². The van der Waals surface area contributed by atoms with E-state index in [4.69, 9.17) is 4.74 Å². The molecule has 2 N–H and O–H groups in total. The molecule has 3 aromatic rings. The fourth-order valence-corrected chi connectivity index (χ4v) is 5.45. The summed E-state index contributed by atoms with van der Waals surface area (Å²) in [6.07, 6.45) is 3.26. The number of rotatable bonds is 8. The molecule has 2 aliphatic heterocycles. The van der Waals surface area contributed by atoms with E-state index in [2.05, 4.69) is 20.5 Å². The summed E-state index contributed by atoms with van der Waals surface area (Å²) in [6, 6.07) is 22.5. The number of hydrogen-bond donors (Lipinski definition) is 2. The molecule has 0 atom stereocenters. The van der Waals surface area contributed by atoms with Crippen LogP contribution in [0, 0.1) is 0 Å². The van der Waals surface area contributed by atoms with Crippen LogP contribution in [0.25, 0.3) is 0 Å². The van der Waals surface area contributed by atoms with Crippen LogP contribution in [0.15, 0.2) is 79.0 Å². The molecule has 2 fully saturated rings. The molecular weight excluding hydrogens is 508 g/mol. The smallest absolute Gasteiger partial charge is 0.321 e. The van der Waals surface area contributed by atoms with Crippen molar-refractivity contribution < 1.29 is 19.1 Å². The summed E-state index contributed by atoms with van der Waals surface area (Å²) in [5.74, 6) is 0.295. The number of hydrogen-bond acceptors (Lipinski definition) is 6. The molecule has 4 amide bonds. The maximum Gasteiger partial charge on any atom is 0.321 e. The van der Waals surface area contributed by atoms with Crippen LogP contribution in [-0.2, 0) is 16.0 Å². The molecule has 10 nitrogen and oxygen atoms in total. The summed E-state index contributed by atoms with van der Waals surface area (Å²) < 4.78 is 5.35. The van der Waals surface area contributed by atoms with E-state index < -0.39 is 5.54 Å². The molecule has 0 aliphatic carbocycles. The number of ether oxygens (including phenoxy) is 1. The number of nitrogens with zero attached hydrogens (tertiary/aromatic N) is 4. The molecule has 1 aromatic heterocycles. The number of aromatic nitrogens is 1. The van der Waals surface area contributed by atoms with Crippen LogP contribution < -0.4 is 20.3 Å². The van der Waals surface area contributed by atoms with Crippen molar-refractivity contribution in [3.63, 3.8) is 0 Å².